The molecule has 0 amide bonds. The lowest BCUT2D eigenvalue weighted by Crippen LogP contribution is -2.00. The third kappa shape index (κ3) is 4.97. The summed E-state index contributed by atoms with van der Waals surface area (Å²) in [6, 6.07) is 55.2. The number of aromatic nitrogens is 4. The normalized spacial score (nSPS) is 12.7. The van der Waals surface area contributed by atoms with Gasteiger partial charge in [0.1, 0.15) is 11.2 Å². The minimum Gasteiger partial charge on any atom is -0.455 e. The van der Waals surface area contributed by atoms with Crippen molar-refractivity contribution in [3.63, 3.8) is 0 Å². The molecule has 0 unspecified atom stereocenters. The van der Waals surface area contributed by atoms with Crippen LogP contribution in [0.5, 0.6) is 0 Å². The molecule has 12 rings (SSSR count). The van der Waals surface area contributed by atoms with E-state index in [9.17, 15) is 0 Å². The number of para-hydroxylation sites is 3. The summed E-state index contributed by atoms with van der Waals surface area (Å²) in [5.74, 6) is 1.81. The van der Waals surface area contributed by atoms with Gasteiger partial charge in [0, 0.05) is 54.0 Å². The molecule has 0 bridgehead atoms. The van der Waals surface area contributed by atoms with E-state index in [1.54, 1.807) is 0 Å². The third-order valence-corrected chi connectivity index (χ3v) is 12.5. The van der Waals surface area contributed by atoms with Crippen LogP contribution in [0.15, 0.2) is 168 Å². The highest BCUT2D eigenvalue weighted by atomic mass is 32.1. The summed E-state index contributed by atoms with van der Waals surface area (Å²) in [6.07, 6.45) is 6.76. The van der Waals surface area contributed by atoms with Gasteiger partial charge in [-0.15, -0.1) is 11.3 Å². The topological polar surface area (TPSA) is 56.7 Å². The molecule has 11 aromatic rings. The van der Waals surface area contributed by atoms with Gasteiger partial charge in [-0.05, 0) is 54.3 Å². The number of benzene rings is 7. The van der Waals surface area contributed by atoms with E-state index in [0.29, 0.717) is 17.5 Å². The first-order chi connectivity index (χ1) is 28.3. The number of aryl methyl sites for hydroxylation is 1. The molecule has 268 valence electrons. The van der Waals surface area contributed by atoms with Crippen LogP contribution in [0.25, 0.3) is 110 Å². The summed E-state index contributed by atoms with van der Waals surface area (Å²) in [5.41, 5.74) is 11.7. The first kappa shape index (κ1) is 32.1. The molecule has 0 N–H and O–H groups in total. The maximum Gasteiger partial charge on any atom is 0.167 e. The number of thiophene rings is 1. The van der Waals surface area contributed by atoms with Crippen LogP contribution in [-0.2, 0) is 6.42 Å². The van der Waals surface area contributed by atoms with Crippen LogP contribution in [-0.4, -0.2) is 19.5 Å². The molecule has 4 heterocycles. The Morgan fingerprint density at radius 1 is 0.509 bits per heavy atom. The Labute approximate surface area is 331 Å². The van der Waals surface area contributed by atoms with Gasteiger partial charge in [0.05, 0.1) is 21.5 Å². The third-order valence-electron chi connectivity index (χ3n) is 11.4. The van der Waals surface area contributed by atoms with E-state index in [2.05, 4.69) is 114 Å². The predicted molar refractivity (Wildman–Crippen MR) is 236 cm³/mol. The number of hydrogen-bond donors (Lipinski definition) is 0. The van der Waals surface area contributed by atoms with E-state index in [-0.39, 0.29) is 0 Å². The Morgan fingerprint density at radius 2 is 1.11 bits per heavy atom. The number of nitrogens with zero attached hydrogens (tertiary/aromatic N) is 4. The molecule has 0 fully saturated rings. The first-order valence-corrected chi connectivity index (χ1v) is 20.2. The van der Waals surface area contributed by atoms with Crippen LogP contribution < -0.4 is 0 Å². The second kappa shape index (κ2) is 12.7. The Morgan fingerprint density at radius 3 is 1.88 bits per heavy atom. The molecule has 0 saturated carbocycles. The summed E-state index contributed by atoms with van der Waals surface area (Å²) < 4.78 is 12.0. The van der Waals surface area contributed by atoms with E-state index in [0.717, 1.165) is 62.6 Å². The summed E-state index contributed by atoms with van der Waals surface area (Å²) >= 11 is 1.87. The Balaban J connectivity index is 1.07. The van der Waals surface area contributed by atoms with Gasteiger partial charge in [-0.3, -0.25) is 0 Å². The molecule has 4 aromatic heterocycles. The van der Waals surface area contributed by atoms with Gasteiger partial charge in [0.25, 0.3) is 0 Å². The number of furan rings is 1. The number of allylic oxidation sites excluding steroid dienone is 1. The van der Waals surface area contributed by atoms with Crippen molar-refractivity contribution in [1.29, 1.82) is 0 Å². The lowest BCUT2D eigenvalue weighted by molar-refractivity contribution is 0.670. The Bertz CT molecular complexity index is 3350. The second-order valence-electron chi connectivity index (χ2n) is 14.6. The zero-order valence-corrected chi connectivity index (χ0v) is 31.5. The highest BCUT2D eigenvalue weighted by Crippen LogP contribution is 2.47. The molecule has 5 nitrogen and oxygen atoms in total. The van der Waals surface area contributed by atoms with Gasteiger partial charge < -0.3 is 8.98 Å². The Kier molecular flexibility index (Phi) is 7.16. The van der Waals surface area contributed by atoms with Crippen LogP contribution in [0.2, 0.25) is 0 Å². The molecule has 7 aromatic carbocycles. The van der Waals surface area contributed by atoms with Gasteiger partial charge in [0.2, 0.25) is 0 Å². The smallest absolute Gasteiger partial charge is 0.167 e. The van der Waals surface area contributed by atoms with Crippen molar-refractivity contribution in [3.8, 4) is 51.0 Å². The van der Waals surface area contributed by atoms with Gasteiger partial charge in [0.15, 0.2) is 17.5 Å². The number of rotatable bonds is 5. The Hall–Kier alpha value is -7.15. The average Bonchev–Trinajstić information content (AvgIpc) is 3.97. The lowest BCUT2D eigenvalue weighted by Gasteiger charge is -2.13. The summed E-state index contributed by atoms with van der Waals surface area (Å²) in [4.78, 5) is 15.0. The second-order valence-corrected chi connectivity index (χ2v) is 15.6. The molecule has 0 radical (unpaired) electrons. The SMILES string of the molecule is C1=Cc2c(c3ccccc3n2-c2cccc3c2sc2cccc(-c4cccc5c4oc4c(-c6nc(-c7ccccc7)nc(-c7ccccc7)n6)cccc45)c23)CC1. The van der Waals surface area contributed by atoms with E-state index < -0.39 is 0 Å². The van der Waals surface area contributed by atoms with Crippen LogP contribution in [0.4, 0.5) is 0 Å². The van der Waals surface area contributed by atoms with Crippen molar-refractivity contribution in [1.82, 2.24) is 19.5 Å². The fourth-order valence-electron chi connectivity index (χ4n) is 8.82. The highest BCUT2D eigenvalue weighted by Gasteiger charge is 2.23. The highest BCUT2D eigenvalue weighted by molar-refractivity contribution is 7.26. The number of hydrogen-bond acceptors (Lipinski definition) is 5. The quantitative estimate of drug-likeness (QED) is 0.176. The van der Waals surface area contributed by atoms with E-state index in [1.165, 1.54) is 48.0 Å². The van der Waals surface area contributed by atoms with Crippen LogP contribution in [0.3, 0.4) is 0 Å². The molecule has 6 heteroatoms. The monoisotopic (exact) mass is 748 g/mol. The zero-order chi connectivity index (χ0) is 37.5. The van der Waals surface area contributed by atoms with Crippen molar-refractivity contribution in [2.75, 3.05) is 0 Å². The fraction of sp³-hybridized carbons (Fsp3) is 0.0392. The number of fused-ring (bicyclic) bond motifs is 9. The molecular weight excluding hydrogens is 717 g/mol. The van der Waals surface area contributed by atoms with Crippen molar-refractivity contribution in [2.45, 2.75) is 12.8 Å². The minimum absolute atomic E-state index is 0.571. The standard InChI is InChI=1S/C51H32N4OS/c1-3-15-31(16-4-1)49-52-50(32-17-5-2-6-18-32)54-51(53-49)40-26-12-24-38-37-23-11-22-36(46(37)56-47(38)40)35-21-14-30-44-45(35)39-25-13-29-43(48(39)57-44)55-41-27-9-7-19-33(41)34-20-8-10-28-42(34)55/h1-7,9-19,21-30H,8,20H2. The summed E-state index contributed by atoms with van der Waals surface area (Å²) in [7, 11) is 0. The van der Waals surface area contributed by atoms with Gasteiger partial charge in [-0.1, -0.05) is 140 Å². The largest absolute Gasteiger partial charge is 0.455 e. The molecule has 0 atom stereocenters. The molecule has 0 spiro atoms. The van der Waals surface area contributed by atoms with E-state index in [1.807, 2.05) is 72.0 Å². The maximum atomic E-state index is 7.04. The maximum absolute atomic E-state index is 7.04. The zero-order valence-electron chi connectivity index (χ0n) is 30.7. The van der Waals surface area contributed by atoms with Crippen molar-refractivity contribution < 1.29 is 4.42 Å². The van der Waals surface area contributed by atoms with Gasteiger partial charge in [-0.2, -0.15) is 0 Å². The van der Waals surface area contributed by atoms with Gasteiger partial charge >= 0.3 is 0 Å². The first-order valence-electron chi connectivity index (χ1n) is 19.3. The molecule has 1 aliphatic rings. The summed E-state index contributed by atoms with van der Waals surface area (Å²) in [6.45, 7) is 0. The van der Waals surface area contributed by atoms with Gasteiger partial charge in [-0.25, -0.2) is 15.0 Å². The fourth-order valence-corrected chi connectivity index (χ4v) is 10.0. The van der Waals surface area contributed by atoms with Crippen LogP contribution >= 0.6 is 11.3 Å². The predicted octanol–water partition coefficient (Wildman–Crippen LogP) is 13.7. The van der Waals surface area contributed by atoms with Crippen molar-refractivity contribution >= 4 is 70.4 Å². The molecular formula is C51H32N4OS. The molecule has 57 heavy (non-hydrogen) atoms. The van der Waals surface area contributed by atoms with E-state index in [4.69, 9.17) is 19.4 Å². The van der Waals surface area contributed by atoms with E-state index >= 15 is 0 Å². The van der Waals surface area contributed by atoms with Crippen LogP contribution in [0, 0.1) is 0 Å². The van der Waals surface area contributed by atoms with Crippen molar-refractivity contribution in [2.24, 2.45) is 0 Å². The minimum atomic E-state index is 0.571. The lowest BCUT2D eigenvalue weighted by atomic mass is 9.97. The molecule has 1 aliphatic carbocycles. The molecule has 0 saturated heterocycles. The summed E-state index contributed by atoms with van der Waals surface area (Å²) in [5, 5.41) is 5.91. The molecule has 0 aliphatic heterocycles. The van der Waals surface area contributed by atoms with Crippen LogP contribution in [0.1, 0.15) is 17.7 Å². The van der Waals surface area contributed by atoms with Crippen molar-refractivity contribution in [3.05, 3.63) is 175 Å². The average molecular weight is 749 g/mol.